The maximum absolute atomic E-state index is 14.3. The fraction of sp³-hybridized carbons (Fsp3) is 0.860. The molecule has 2 heterocycles. The van der Waals surface area contributed by atoms with Crippen LogP contribution in [0.4, 0.5) is 0 Å². The molecule has 0 aromatic carbocycles. The molecule has 8 aliphatic rings. The monoisotopic (exact) mass is 755 g/mol. The number of ether oxygens (including phenoxy) is 4. The van der Waals surface area contributed by atoms with Crippen molar-refractivity contribution in [1.29, 1.82) is 0 Å². The molecule has 6 aliphatic carbocycles. The first kappa shape index (κ1) is 52.3. The van der Waals surface area contributed by atoms with E-state index in [1.54, 1.807) is 27.7 Å². The second-order valence-corrected chi connectivity index (χ2v) is 16.6. The highest BCUT2D eigenvalue weighted by atomic mass is 16.6. The number of hydrogen-bond donors (Lipinski definition) is 0. The number of cyclic esters (lactones) is 3. The second-order valence-electron chi connectivity index (χ2n) is 16.6. The molecule has 6 saturated carbocycles. The Kier molecular flexibility index (Phi) is 18.0. The molecule has 0 aromatic heterocycles. The van der Waals surface area contributed by atoms with Crippen LogP contribution in [0, 0.1) is 76.9 Å². The first-order chi connectivity index (χ1) is 21.1. The highest BCUT2D eigenvalue weighted by Crippen LogP contribution is 2.62. The summed E-state index contributed by atoms with van der Waals surface area (Å²) in [6.45, 7) is 9.51. The lowest BCUT2D eigenvalue weighted by molar-refractivity contribution is -0.196. The molecular formula is C43H78O10. The average Bonchev–Trinajstić information content (AvgIpc) is 3.65. The predicted molar refractivity (Wildman–Crippen MR) is 209 cm³/mol. The molecule has 0 N–H and O–H groups in total. The summed E-state index contributed by atoms with van der Waals surface area (Å²) in [6.07, 6.45) is 4.67. The Bertz CT molecular complexity index is 1310. The Morgan fingerprint density at radius 3 is 1.89 bits per heavy atom. The van der Waals surface area contributed by atoms with E-state index in [9.17, 15) is 28.8 Å². The van der Waals surface area contributed by atoms with E-state index < -0.39 is 58.8 Å². The molecule has 310 valence electrons. The van der Waals surface area contributed by atoms with Gasteiger partial charge in [0.25, 0.3) is 0 Å². The molecule has 0 radical (unpaired) electrons. The van der Waals surface area contributed by atoms with Gasteiger partial charge in [-0.3, -0.25) is 28.8 Å². The van der Waals surface area contributed by atoms with Crippen molar-refractivity contribution in [2.24, 2.45) is 76.9 Å². The van der Waals surface area contributed by atoms with Gasteiger partial charge in [-0.25, -0.2) is 0 Å². The summed E-state index contributed by atoms with van der Waals surface area (Å²) >= 11 is 0. The second kappa shape index (κ2) is 18.2. The van der Waals surface area contributed by atoms with Crippen LogP contribution in [-0.4, -0.2) is 53.4 Å². The summed E-state index contributed by atoms with van der Waals surface area (Å²) in [5.74, 6) is -5.24. The van der Waals surface area contributed by atoms with E-state index in [2.05, 4.69) is 6.92 Å². The number of carbonyl (C=O) groups excluding carboxylic acids is 6. The van der Waals surface area contributed by atoms with E-state index in [0.29, 0.717) is 38.2 Å². The van der Waals surface area contributed by atoms with Crippen molar-refractivity contribution in [2.45, 2.75) is 157 Å². The predicted octanol–water partition coefficient (Wildman–Crippen LogP) is 9.15. The molecule has 2 saturated heterocycles. The van der Waals surface area contributed by atoms with Gasteiger partial charge in [-0.05, 0) is 102 Å². The van der Waals surface area contributed by atoms with Crippen LogP contribution < -0.4 is 0 Å². The van der Waals surface area contributed by atoms with Crippen molar-refractivity contribution in [3.8, 4) is 0 Å². The fourth-order valence-electron chi connectivity index (χ4n) is 11.1. The molecule has 8 fully saturated rings. The van der Waals surface area contributed by atoms with Crippen molar-refractivity contribution in [1.82, 2.24) is 0 Å². The third-order valence-corrected chi connectivity index (χ3v) is 12.8. The first-order valence-corrected chi connectivity index (χ1v) is 17.1. The minimum absolute atomic E-state index is 0. The van der Waals surface area contributed by atoms with Crippen LogP contribution in [0.25, 0.3) is 0 Å². The standard InChI is InChI=1S/C35H46O10.8CH4/c1-15-21(23-10-22(15)27-25(23)14-42-32(27)40)8-18(30(38)44-34(3,4)5)9-24(26-16(2)29(37)43-33(26)41)31(39)45-35-11-17-6-19(12-35)28(36)20(7-17)13-35;;;;;;;;/h15-27H,6-14H2,1-5H3;8*1H4. The highest BCUT2D eigenvalue weighted by molar-refractivity contribution is 5.98. The zero-order valence-corrected chi connectivity index (χ0v) is 27.0. The van der Waals surface area contributed by atoms with Crippen molar-refractivity contribution < 1.29 is 47.7 Å². The zero-order valence-electron chi connectivity index (χ0n) is 27.0. The van der Waals surface area contributed by atoms with Crippen molar-refractivity contribution in [3.63, 3.8) is 0 Å². The molecule has 8 rings (SSSR count). The summed E-state index contributed by atoms with van der Waals surface area (Å²) in [5, 5.41) is 0. The van der Waals surface area contributed by atoms with Gasteiger partial charge in [-0.2, -0.15) is 0 Å². The number of hydrogen-bond acceptors (Lipinski definition) is 10. The van der Waals surface area contributed by atoms with Crippen LogP contribution in [0.15, 0.2) is 0 Å². The Balaban J connectivity index is 0. The Morgan fingerprint density at radius 2 is 1.36 bits per heavy atom. The summed E-state index contributed by atoms with van der Waals surface area (Å²) < 4.78 is 22.7. The van der Waals surface area contributed by atoms with E-state index >= 15 is 0 Å². The van der Waals surface area contributed by atoms with Gasteiger partial charge < -0.3 is 18.9 Å². The van der Waals surface area contributed by atoms with E-state index in [1.165, 1.54) is 0 Å². The topological polar surface area (TPSA) is 139 Å². The number of carbonyl (C=O) groups is 6. The lowest BCUT2D eigenvalue weighted by Crippen LogP contribution is -2.57. The van der Waals surface area contributed by atoms with Crippen LogP contribution in [0.1, 0.15) is 145 Å². The molecule has 10 nitrogen and oxygen atoms in total. The van der Waals surface area contributed by atoms with E-state index in [-0.39, 0.29) is 125 Å². The summed E-state index contributed by atoms with van der Waals surface area (Å²) in [4.78, 5) is 79.2. The third kappa shape index (κ3) is 8.87. The molecule has 12 unspecified atom stereocenters. The van der Waals surface area contributed by atoms with Gasteiger partial charge >= 0.3 is 29.8 Å². The maximum Gasteiger partial charge on any atom is 0.318 e. The van der Waals surface area contributed by atoms with Gasteiger partial charge in [0.15, 0.2) is 0 Å². The van der Waals surface area contributed by atoms with Gasteiger partial charge in [-0.15, -0.1) is 0 Å². The Morgan fingerprint density at radius 1 is 0.774 bits per heavy atom. The van der Waals surface area contributed by atoms with Crippen LogP contribution in [0.2, 0.25) is 0 Å². The Hall–Kier alpha value is -2.78. The molecule has 0 spiro atoms. The number of rotatable bonds is 8. The average molecular weight is 755 g/mol. The first-order valence-electron chi connectivity index (χ1n) is 17.1. The van der Waals surface area contributed by atoms with Crippen LogP contribution >= 0.6 is 0 Å². The molecule has 53 heavy (non-hydrogen) atoms. The minimum atomic E-state index is -1.08. The van der Waals surface area contributed by atoms with Crippen molar-refractivity contribution in [3.05, 3.63) is 0 Å². The summed E-state index contributed by atoms with van der Waals surface area (Å²) in [7, 11) is 0. The van der Waals surface area contributed by atoms with Crippen LogP contribution in [0.5, 0.6) is 0 Å². The van der Waals surface area contributed by atoms with Gasteiger partial charge in [0.2, 0.25) is 0 Å². The molecule has 0 aromatic rings. The lowest BCUT2D eigenvalue weighted by Gasteiger charge is -2.54. The number of ketones is 1. The van der Waals surface area contributed by atoms with Gasteiger partial charge in [0.05, 0.1) is 36.2 Å². The molecule has 2 aliphatic heterocycles. The maximum atomic E-state index is 14.3. The van der Waals surface area contributed by atoms with E-state index in [0.717, 1.165) is 19.3 Å². The highest BCUT2D eigenvalue weighted by Gasteiger charge is 2.63. The molecule has 12 atom stereocenters. The van der Waals surface area contributed by atoms with Crippen molar-refractivity contribution >= 4 is 35.6 Å². The van der Waals surface area contributed by atoms with Crippen LogP contribution in [0.3, 0.4) is 0 Å². The molecule has 10 heteroatoms. The quantitative estimate of drug-likeness (QED) is 0.134. The molecule has 6 bridgehead atoms. The normalized spacial score (nSPS) is 37.4. The van der Waals surface area contributed by atoms with Crippen molar-refractivity contribution in [2.75, 3.05) is 6.61 Å². The van der Waals surface area contributed by atoms with Gasteiger partial charge in [-0.1, -0.05) is 73.3 Å². The minimum Gasteiger partial charge on any atom is -0.465 e. The zero-order chi connectivity index (χ0) is 32.2. The smallest absolute Gasteiger partial charge is 0.318 e. The number of fused-ring (bicyclic) bond motifs is 5. The van der Waals surface area contributed by atoms with E-state index in [1.807, 2.05) is 0 Å². The van der Waals surface area contributed by atoms with E-state index in [4.69, 9.17) is 18.9 Å². The van der Waals surface area contributed by atoms with Gasteiger partial charge in [0.1, 0.15) is 17.0 Å². The summed E-state index contributed by atoms with van der Waals surface area (Å²) in [5.41, 5.74) is -1.54. The molecular weight excluding hydrogens is 676 g/mol. The SMILES string of the molecule is C.C.C.C.C.C.C.C.CC1C(=O)OC(=O)C1C(CC(CC1C(C)C2CC1C1COC(=O)C21)C(=O)OC(C)(C)C)C(=O)OC12CC3CC(C1)C(=O)C(C3)C2. The Labute approximate surface area is 322 Å². The number of esters is 5. The molecule has 0 amide bonds. The van der Waals surface area contributed by atoms with Crippen LogP contribution in [-0.2, 0) is 47.7 Å². The van der Waals surface area contributed by atoms with Gasteiger partial charge in [0, 0.05) is 17.8 Å². The number of Topliss-reactive ketones (excluding diaryl/α,β-unsaturated/α-hetero) is 1. The summed E-state index contributed by atoms with van der Waals surface area (Å²) in [6, 6.07) is 0. The third-order valence-electron chi connectivity index (χ3n) is 12.8. The largest absolute Gasteiger partial charge is 0.465 e. The lowest BCUT2D eigenvalue weighted by atomic mass is 9.53. The fourth-order valence-corrected chi connectivity index (χ4v) is 11.1.